The van der Waals surface area contributed by atoms with Gasteiger partial charge in [0.25, 0.3) is 0 Å². The Morgan fingerprint density at radius 1 is 1.62 bits per heavy atom. The molecule has 0 unspecified atom stereocenters. The molecule has 0 saturated heterocycles. The van der Waals surface area contributed by atoms with Crippen molar-refractivity contribution in [1.82, 2.24) is 0 Å². The van der Waals surface area contributed by atoms with Gasteiger partial charge >= 0.3 is 0 Å². The van der Waals surface area contributed by atoms with Gasteiger partial charge in [0.2, 0.25) is 0 Å². The monoisotopic (exact) mass is 249 g/mol. The van der Waals surface area contributed by atoms with Gasteiger partial charge in [-0.15, -0.1) is 11.3 Å². The van der Waals surface area contributed by atoms with Crippen LogP contribution in [0.15, 0.2) is 16.4 Å². The molecule has 0 saturated carbocycles. The van der Waals surface area contributed by atoms with Crippen molar-refractivity contribution in [3.8, 4) is 0 Å². The summed E-state index contributed by atoms with van der Waals surface area (Å²) in [6.07, 6.45) is 0. The van der Waals surface area contributed by atoms with Gasteiger partial charge in [-0.25, -0.2) is 0 Å². The van der Waals surface area contributed by atoms with Crippen LogP contribution in [-0.4, -0.2) is 16.7 Å². The number of thioether (sulfide) groups is 2. The van der Waals surface area contributed by atoms with Crippen LogP contribution in [0.4, 0.5) is 0 Å². The summed E-state index contributed by atoms with van der Waals surface area (Å²) in [4.78, 5) is 5.62. The highest BCUT2D eigenvalue weighted by Crippen LogP contribution is 2.30. The van der Waals surface area contributed by atoms with Gasteiger partial charge in [-0.1, -0.05) is 35.1 Å². The van der Waals surface area contributed by atoms with Gasteiger partial charge < -0.3 is 0 Å². The predicted octanol–water partition coefficient (Wildman–Crippen LogP) is 3.74. The minimum absolute atomic E-state index is 0.890. The average Bonchev–Trinajstić information content (AvgIpc) is 2.72. The van der Waals surface area contributed by atoms with Crippen molar-refractivity contribution in [1.29, 1.82) is 0 Å². The summed E-state index contributed by atoms with van der Waals surface area (Å²) in [5.41, 5.74) is 0. The molecule has 0 bridgehead atoms. The van der Waals surface area contributed by atoms with E-state index in [9.17, 15) is 0 Å². The first-order chi connectivity index (χ1) is 6.36. The largest absolute Gasteiger partial charge is 0.271 e. The summed E-state index contributed by atoms with van der Waals surface area (Å²) >= 11 is 11.3. The highest BCUT2D eigenvalue weighted by atomic mass is 35.5. The molecule has 0 fully saturated rings. The lowest BCUT2D eigenvalue weighted by Gasteiger charge is -1.97. The Kier molecular flexibility index (Phi) is 3.60. The molecule has 2 heterocycles. The van der Waals surface area contributed by atoms with Crippen LogP contribution in [0.2, 0.25) is 5.02 Å². The van der Waals surface area contributed by atoms with E-state index in [1.165, 1.54) is 9.25 Å². The molecule has 70 valence electrons. The van der Waals surface area contributed by atoms with Gasteiger partial charge in [-0.05, 0) is 11.4 Å². The number of nitrogens with zero attached hydrogens (tertiary/aromatic N) is 1. The molecule has 1 aromatic heterocycles. The summed E-state index contributed by atoms with van der Waals surface area (Å²) < 4.78 is 1.21. The second-order valence-corrected chi connectivity index (χ2v) is 6.19. The standard InChI is InChI=1S/C8H8ClNS3/c9-6-1-3-11-7(6)5-13-8-10-2-4-12-8/h1,3H,2,4-5H2. The summed E-state index contributed by atoms with van der Waals surface area (Å²) in [5.74, 6) is 2.10. The molecule has 0 amide bonds. The molecular weight excluding hydrogens is 242 g/mol. The molecule has 5 heteroatoms. The number of aliphatic imine (C=N–C) groups is 1. The van der Waals surface area contributed by atoms with Gasteiger partial charge in [0.05, 0.1) is 11.6 Å². The van der Waals surface area contributed by atoms with Crippen molar-refractivity contribution in [2.24, 2.45) is 4.99 Å². The fourth-order valence-corrected chi connectivity index (χ4v) is 4.27. The van der Waals surface area contributed by atoms with Crippen LogP contribution in [-0.2, 0) is 5.75 Å². The summed E-state index contributed by atoms with van der Waals surface area (Å²) in [7, 11) is 0. The van der Waals surface area contributed by atoms with Crippen LogP contribution in [0.5, 0.6) is 0 Å². The quantitative estimate of drug-likeness (QED) is 0.792. The second kappa shape index (κ2) is 4.73. The Hall–Kier alpha value is 0.360. The predicted molar refractivity (Wildman–Crippen MR) is 65.4 cm³/mol. The molecule has 0 aromatic carbocycles. The van der Waals surface area contributed by atoms with E-state index in [0.717, 1.165) is 23.1 Å². The maximum absolute atomic E-state index is 5.98. The van der Waals surface area contributed by atoms with Gasteiger partial charge in [0.15, 0.2) is 0 Å². The van der Waals surface area contributed by atoms with Crippen molar-refractivity contribution < 1.29 is 0 Å². The van der Waals surface area contributed by atoms with Crippen molar-refractivity contribution in [3.05, 3.63) is 21.3 Å². The highest BCUT2D eigenvalue weighted by molar-refractivity contribution is 8.38. The van der Waals surface area contributed by atoms with E-state index in [1.807, 2.05) is 23.2 Å². The molecule has 1 aliphatic rings. The SMILES string of the molecule is Clc1ccsc1CSC1=NCCS1. The molecule has 0 N–H and O–H groups in total. The number of rotatable bonds is 2. The third-order valence-electron chi connectivity index (χ3n) is 1.58. The smallest absolute Gasteiger partial charge is 0.125 e. The fraction of sp³-hybridized carbons (Fsp3) is 0.375. The van der Waals surface area contributed by atoms with Crippen molar-refractivity contribution in [2.45, 2.75) is 5.75 Å². The fourth-order valence-electron chi connectivity index (χ4n) is 0.958. The van der Waals surface area contributed by atoms with Crippen molar-refractivity contribution >= 4 is 50.8 Å². The lowest BCUT2D eigenvalue weighted by atomic mass is 10.5. The molecule has 1 nitrogen and oxygen atoms in total. The summed E-state index contributed by atoms with van der Waals surface area (Å²) in [5, 5.41) is 2.92. The number of hydrogen-bond donors (Lipinski definition) is 0. The molecule has 2 rings (SSSR count). The maximum Gasteiger partial charge on any atom is 0.125 e. The topological polar surface area (TPSA) is 12.4 Å². The molecular formula is C8H8ClNS3. The lowest BCUT2D eigenvalue weighted by Crippen LogP contribution is -1.81. The number of halogens is 1. The molecule has 0 spiro atoms. The average molecular weight is 250 g/mol. The molecule has 0 radical (unpaired) electrons. The Morgan fingerprint density at radius 2 is 2.54 bits per heavy atom. The molecule has 13 heavy (non-hydrogen) atoms. The van der Waals surface area contributed by atoms with Gasteiger partial charge in [0, 0.05) is 16.4 Å². The zero-order valence-electron chi connectivity index (χ0n) is 6.83. The van der Waals surface area contributed by atoms with Crippen LogP contribution in [0.1, 0.15) is 4.88 Å². The van der Waals surface area contributed by atoms with Crippen molar-refractivity contribution in [2.75, 3.05) is 12.3 Å². The van der Waals surface area contributed by atoms with E-state index in [2.05, 4.69) is 4.99 Å². The van der Waals surface area contributed by atoms with Crippen LogP contribution < -0.4 is 0 Å². The molecule has 0 aliphatic carbocycles. The Morgan fingerprint density at radius 3 is 3.15 bits per heavy atom. The van der Waals surface area contributed by atoms with E-state index >= 15 is 0 Å². The third kappa shape index (κ3) is 2.65. The first-order valence-corrected chi connectivity index (χ1v) is 7.11. The number of hydrogen-bond acceptors (Lipinski definition) is 4. The van der Waals surface area contributed by atoms with Crippen LogP contribution in [0, 0.1) is 0 Å². The Bertz CT molecular complexity index is 321. The van der Waals surface area contributed by atoms with Gasteiger partial charge in [-0.2, -0.15) is 0 Å². The van der Waals surface area contributed by atoms with Crippen molar-refractivity contribution in [3.63, 3.8) is 0 Å². The van der Waals surface area contributed by atoms with E-state index in [4.69, 9.17) is 11.6 Å². The Balaban J connectivity index is 1.89. The molecule has 1 aliphatic heterocycles. The zero-order valence-corrected chi connectivity index (χ0v) is 10.0. The van der Waals surface area contributed by atoms with E-state index < -0.39 is 0 Å². The minimum atomic E-state index is 0.890. The Labute approximate surface area is 95.0 Å². The van der Waals surface area contributed by atoms with Gasteiger partial charge in [-0.3, -0.25) is 4.99 Å². The first kappa shape index (κ1) is 9.90. The maximum atomic E-state index is 5.98. The normalized spacial score (nSPS) is 16.2. The summed E-state index contributed by atoms with van der Waals surface area (Å²) in [6, 6.07) is 1.95. The highest BCUT2D eigenvalue weighted by Gasteiger charge is 2.09. The summed E-state index contributed by atoms with van der Waals surface area (Å²) in [6.45, 7) is 0.977. The van der Waals surface area contributed by atoms with E-state index in [0.29, 0.717) is 0 Å². The van der Waals surface area contributed by atoms with Crippen LogP contribution >= 0.6 is 46.5 Å². The van der Waals surface area contributed by atoms with E-state index in [-0.39, 0.29) is 0 Å². The van der Waals surface area contributed by atoms with Crippen LogP contribution in [0.3, 0.4) is 0 Å². The minimum Gasteiger partial charge on any atom is -0.271 e. The molecule has 0 atom stereocenters. The van der Waals surface area contributed by atoms with Crippen LogP contribution in [0.25, 0.3) is 0 Å². The number of thiophene rings is 1. The van der Waals surface area contributed by atoms with E-state index in [1.54, 1.807) is 23.1 Å². The third-order valence-corrected chi connectivity index (χ3v) is 5.42. The second-order valence-electron chi connectivity index (χ2n) is 2.48. The molecule has 1 aromatic rings. The van der Waals surface area contributed by atoms with Gasteiger partial charge in [0.1, 0.15) is 4.38 Å². The zero-order chi connectivity index (χ0) is 9.10. The lowest BCUT2D eigenvalue weighted by molar-refractivity contribution is 1.18. The first-order valence-electron chi connectivity index (χ1n) is 3.88.